The van der Waals surface area contributed by atoms with Gasteiger partial charge in [-0.15, -0.1) is 5.10 Å². The van der Waals surface area contributed by atoms with Gasteiger partial charge < -0.3 is 15.8 Å². The van der Waals surface area contributed by atoms with Crippen LogP contribution in [0.3, 0.4) is 0 Å². The van der Waals surface area contributed by atoms with Crippen LogP contribution in [0.4, 0.5) is 0 Å². The summed E-state index contributed by atoms with van der Waals surface area (Å²) in [7, 11) is 0. The van der Waals surface area contributed by atoms with Gasteiger partial charge in [-0.2, -0.15) is 0 Å². The molecule has 1 atom stereocenters. The number of amides is 1. The van der Waals surface area contributed by atoms with E-state index in [-0.39, 0.29) is 25.4 Å². The Hall–Kier alpha value is -4.17. The number of carbonyl (C=O) groups excluding carboxylic acids is 2. The van der Waals surface area contributed by atoms with E-state index in [0.29, 0.717) is 6.42 Å². The lowest BCUT2D eigenvalue weighted by molar-refractivity contribution is -0.143. The highest BCUT2D eigenvalue weighted by Gasteiger charge is 2.20. The molecule has 5 N–H and O–H groups in total. The van der Waals surface area contributed by atoms with Gasteiger partial charge >= 0.3 is 5.97 Å². The molecule has 0 spiro atoms. The maximum absolute atomic E-state index is 12.7. The first-order valence-electron chi connectivity index (χ1n) is 11.5. The van der Waals surface area contributed by atoms with E-state index >= 15 is 0 Å². The van der Waals surface area contributed by atoms with Crippen molar-refractivity contribution in [3.05, 3.63) is 96.1 Å². The second-order valence-corrected chi connectivity index (χ2v) is 8.02. The Balaban J connectivity index is 1.66. The van der Waals surface area contributed by atoms with Crippen molar-refractivity contribution in [2.75, 3.05) is 6.61 Å². The third-order valence-corrected chi connectivity index (χ3v) is 5.25. The van der Waals surface area contributed by atoms with Crippen LogP contribution in [0.15, 0.2) is 90.0 Å². The lowest BCUT2D eigenvalue weighted by Gasteiger charge is -2.19. The van der Waals surface area contributed by atoms with Crippen molar-refractivity contribution in [3.63, 3.8) is 0 Å². The first kappa shape index (κ1) is 25.5. The molecule has 0 saturated carbocycles. The normalized spacial score (nSPS) is 12.0. The SMILES string of the molecule is CCOC(=O)C[C@@H](Cc1ccc(-c2ccccc2)cc1)NC(=O)/C(N)=N/N(N)Cc1ccccc1. The molecule has 0 aromatic heterocycles. The largest absolute Gasteiger partial charge is 0.466 e. The van der Waals surface area contributed by atoms with Crippen LogP contribution in [-0.2, 0) is 27.3 Å². The Morgan fingerprint density at radius 1 is 0.914 bits per heavy atom. The molecule has 3 aromatic rings. The summed E-state index contributed by atoms with van der Waals surface area (Å²) in [5.74, 6) is 4.59. The smallest absolute Gasteiger partial charge is 0.307 e. The first-order valence-corrected chi connectivity index (χ1v) is 11.5. The standard InChI is InChI=1S/C27H31N5O3/c1-2-35-25(33)18-24(17-20-13-15-23(16-14-20)22-11-7-4-8-12-22)30-27(34)26(28)31-32(29)19-21-9-5-3-6-10-21/h3-16,24H,2,17-19,29H2,1H3,(H2,28,31)(H,30,34)/t24-/m1/s1. The maximum Gasteiger partial charge on any atom is 0.307 e. The molecular formula is C27H31N5O3. The van der Waals surface area contributed by atoms with Crippen molar-refractivity contribution < 1.29 is 14.3 Å². The summed E-state index contributed by atoms with van der Waals surface area (Å²) in [6, 6.07) is 26.9. The first-order chi connectivity index (χ1) is 16.9. The van der Waals surface area contributed by atoms with Crippen molar-refractivity contribution in [2.45, 2.75) is 32.4 Å². The minimum absolute atomic E-state index is 0.00362. The second kappa shape index (κ2) is 12.9. The molecule has 8 nitrogen and oxygen atoms in total. The van der Waals surface area contributed by atoms with Gasteiger partial charge in [-0.1, -0.05) is 84.9 Å². The molecule has 0 unspecified atom stereocenters. The van der Waals surface area contributed by atoms with Gasteiger partial charge in [-0.3, -0.25) is 9.59 Å². The average Bonchev–Trinajstić information content (AvgIpc) is 2.85. The van der Waals surface area contributed by atoms with Gasteiger partial charge in [0.25, 0.3) is 5.91 Å². The fourth-order valence-electron chi connectivity index (χ4n) is 3.59. The summed E-state index contributed by atoms with van der Waals surface area (Å²) < 4.78 is 5.08. The number of nitrogens with zero attached hydrogens (tertiary/aromatic N) is 2. The van der Waals surface area contributed by atoms with Gasteiger partial charge in [0.2, 0.25) is 5.84 Å². The molecule has 1 amide bonds. The van der Waals surface area contributed by atoms with Gasteiger partial charge in [0.1, 0.15) is 0 Å². The molecule has 0 aliphatic rings. The lowest BCUT2D eigenvalue weighted by atomic mass is 9.99. The maximum atomic E-state index is 12.7. The summed E-state index contributed by atoms with van der Waals surface area (Å²) in [6.07, 6.45) is 0.424. The van der Waals surface area contributed by atoms with Crippen molar-refractivity contribution in [3.8, 4) is 11.1 Å². The Kier molecular flexibility index (Phi) is 9.39. The van der Waals surface area contributed by atoms with Crippen LogP contribution >= 0.6 is 0 Å². The van der Waals surface area contributed by atoms with E-state index in [1.807, 2.05) is 84.9 Å². The third-order valence-electron chi connectivity index (χ3n) is 5.25. The molecule has 182 valence electrons. The topological polar surface area (TPSA) is 123 Å². The molecule has 0 radical (unpaired) electrons. The zero-order chi connectivity index (χ0) is 25.0. The number of esters is 1. The summed E-state index contributed by atoms with van der Waals surface area (Å²) in [5.41, 5.74) is 9.96. The number of carbonyl (C=O) groups is 2. The van der Waals surface area contributed by atoms with E-state index in [1.165, 1.54) is 0 Å². The summed E-state index contributed by atoms with van der Waals surface area (Å²) in [5, 5.41) is 7.87. The van der Waals surface area contributed by atoms with Crippen LogP contribution in [0.1, 0.15) is 24.5 Å². The van der Waals surface area contributed by atoms with E-state index in [2.05, 4.69) is 10.4 Å². The zero-order valence-electron chi connectivity index (χ0n) is 19.8. The van der Waals surface area contributed by atoms with E-state index in [0.717, 1.165) is 27.4 Å². The summed E-state index contributed by atoms with van der Waals surface area (Å²) in [6.45, 7) is 2.28. The van der Waals surface area contributed by atoms with Crippen LogP contribution in [-0.4, -0.2) is 35.5 Å². The molecule has 0 heterocycles. The van der Waals surface area contributed by atoms with Crippen molar-refractivity contribution in [2.24, 2.45) is 16.7 Å². The number of ether oxygens (including phenoxy) is 1. The molecule has 3 rings (SSSR count). The molecule has 0 aliphatic carbocycles. The fourth-order valence-corrected chi connectivity index (χ4v) is 3.59. The van der Waals surface area contributed by atoms with Crippen LogP contribution in [0.5, 0.6) is 0 Å². The van der Waals surface area contributed by atoms with E-state index in [9.17, 15) is 9.59 Å². The van der Waals surface area contributed by atoms with Gasteiger partial charge in [0, 0.05) is 6.04 Å². The number of amidine groups is 1. The zero-order valence-corrected chi connectivity index (χ0v) is 19.8. The monoisotopic (exact) mass is 473 g/mol. The van der Waals surface area contributed by atoms with Crippen molar-refractivity contribution in [1.82, 2.24) is 10.4 Å². The minimum Gasteiger partial charge on any atom is -0.466 e. The number of hydrogen-bond donors (Lipinski definition) is 3. The molecule has 3 aromatic carbocycles. The molecule has 8 heteroatoms. The van der Waals surface area contributed by atoms with Crippen LogP contribution in [0, 0.1) is 0 Å². The number of nitrogens with one attached hydrogen (secondary N) is 1. The Bertz CT molecular complexity index is 1120. The number of hydrazine groups is 1. The minimum atomic E-state index is -0.608. The van der Waals surface area contributed by atoms with Crippen molar-refractivity contribution in [1.29, 1.82) is 0 Å². The summed E-state index contributed by atoms with van der Waals surface area (Å²) in [4.78, 5) is 24.9. The predicted octanol–water partition coefficient (Wildman–Crippen LogP) is 2.98. The Morgan fingerprint density at radius 2 is 1.51 bits per heavy atom. The number of hydrazone groups is 1. The van der Waals surface area contributed by atoms with E-state index in [1.54, 1.807) is 6.92 Å². The highest BCUT2D eigenvalue weighted by molar-refractivity contribution is 6.37. The van der Waals surface area contributed by atoms with Gasteiger partial charge in [0.15, 0.2) is 0 Å². The van der Waals surface area contributed by atoms with Gasteiger partial charge in [-0.25, -0.2) is 11.0 Å². The van der Waals surface area contributed by atoms with Crippen molar-refractivity contribution >= 4 is 17.7 Å². The number of hydrogen-bond acceptors (Lipinski definition) is 6. The van der Waals surface area contributed by atoms with Crippen LogP contribution in [0.2, 0.25) is 0 Å². The molecule has 0 saturated heterocycles. The van der Waals surface area contributed by atoms with Gasteiger partial charge in [-0.05, 0) is 35.6 Å². The Labute approximate surface area is 205 Å². The third kappa shape index (κ3) is 8.28. The number of rotatable bonds is 10. The fraction of sp³-hybridized carbons (Fsp3) is 0.222. The molecule has 0 aliphatic heterocycles. The quantitative estimate of drug-likeness (QED) is 0.137. The highest BCUT2D eigenvalue weighted by atomic mass is 16.5. The molecule has 0 bridgehead atoms. The van der Waals surface area contributed by atoms with E-state index in [4.69, 9.17) is 16.3 Å². The summed E-state index contributed by atoms with van der Waals surface area (Å²) >= 11 is 0. The van der Waals surface area contributed by atoms with Gasteiger partial charge in [0.05, 0.1) is 19.6 Å². The average molecular weight is 474 g/mol. The number of nitrogens with two attached hydrogens (primary N) is 2. The molecule has 0 fully saturated rings. The van der Waals surface area contributed by atoms with Crippen LogP contribution < -0.4 is 16.9 Å². The highest BCUT2D eigenvalue weighted by Crippen LogP contribution is 2.20. The van der Waals surface area contributed by atoms with E-state index < -0.39 is 17.9 Å². The Morgan fingerprint density at radius 3 is 2.14 bits per heavy atom. The molecule has 35 heavy (non-hydrogen) atoms. The second-order valence-electron chi connectivity index (χ2n) is 8.02. The molecular weight excluding hydrogens is 442 g/mol. The number of benzene rings is 3. The van der Waals surface area contributed by atoms with Crippen LogP contribution in [0.25, 0.3) is 11.1 Å². The predicted molar refractivity (Wildman–Crippen MR) is 137 cm³/mol. The lowest BCUT2D eigenvalue weighted by Crippen LogP contribution is -2.45.